The first-order valence-electron chi connectivity index (χ1n) is 7.06. The summed E-state index contributed by atoms with van der Waals surface area (Å²) < 4.78 is 5.72. The van der Waals surface area contributed by atoms with Gasteiger partial charge >= 0.3 is 6.03 Å². The first-order valence-corrected chi connectivity index (χ1v) is 7.06. The zero-order chi connectivity index (χ0) is 12.6. The zero-order valence-electron chi connectivity index (χ0n) is 10.7. The van der Waals surface area contributed by atoms with Crippen LogP contribution in [0.3, 0.4) is 0 Å². The summed E-state index contributed by atoms with van der Waals surface area (Å²) >= 11 is 0. The number of urea groups is 1. The van der Waals surface area contributed by atoms with Gasteiger partial charge in [0.05, 0.1) is 30.4 Å². The highest BCUT2D eigenvalue weighted by atomic mass is 16.5. The summed E-state index contributed by atoms with van der Waals surface area (Å²) in [5, 5.41) is 15.4. The van der Waals surface area contributed by atoms with E-state index in [0.29, 0.717) is 6.10 Å². The molecule has 18 heavy (non-hydrogen) atoms. The molecule has 3 aliphatic rings. The number of ether oxygens (including phenoxy) is 1. The van der Waals surface area contributed by atoms with Crippen LogP contribution >= 0.6 is 0 Å². The van der Waals surface area contributed by atoms with Crippen LogP contribution in [0.5, 0.6) is 0 Å². The van der Waals surface area contributed by atoms with Crippen LogP contribution < -0.4 is 10.6 Å². The Bertz CT molecular complexity index is 328. The van der Waals surface area contributed by atoms with Gasteiger partial charge in [-0.05, 0) is 32.1 Å². The van der Waals surface area contributed by atoms with Crippen LogP contribution in [0.2, 0.25) is 0 Å². The van der Waals surface area contributed by atoms with Gasteiger partial charge < -0.3 is 20.5 Å². The standard InChI is InChI=1S/C13H22N2O3/c16-8-13(5-1-2-6-13)15-12(17)14-10-7-9-3-4-11(10)18-9/h9-11,16H,1-8H2,(H2,14,15,17). The molecule has 2 heterocycles. The second-order valence-electron chi connectivity index (χ2n) is 5.96. The highest BCUT2D eigenvalue weighted by Gasteiger charge is 2.42. The summed E-state index contributed by atoms with van der Waals surface area (Å²) in [7, 11) is 0. The highest BCUT2D eigenvalue weighted by Crippen LogP contribution is 2.34. The lowest BCUT2D eigenvalue weighted by molar-refractivity contribution is 0.0974. The Balaban J connectivity index is 1.52. The average Bonchev–Trinajstić information content (AvgIpc) is 3.04. The molecular weight excluding hydrogens is 232 g/mol. The molecule has 3 rings (SSSR count). The molecule has 0 spiro atoms. The summed E-state index contributed by atoms with van der Waals surface area (Å²) in [6.07, 6.45) is 7.59. The Morgan fingerprint density at radius 3 is 2.67 bits per heavy atom. The quantitative estimate of drug-likeness (QED) is 0.701. The normalized spacial score (nSPS) is 36.8. The van der Waals surface area contributed by atoms with E-state index in [9.17, 15) is 9.90 Å². The number of hydrogen-bond acceptors (Lipinski definition) is 3. The summed E-state index contributed by atoms with van der Waals surface area (Å²) in [5.41, 5.74) is -0.386. The third kappa shape index (κ3) is 2.21. The maximum atomic E-state index is 12.0. The van der Waals surface area contributed by atoms with E-state index in [1.807, 2.05) is 0 Å². The molecule has 2 saturated heterocycles. The lowest BCUT2D eigenvalue weighted by atomic mass is 9.95. The van der Waals surface area contributed by atoms with Gasteiger partial charge in [-0.25, -0.2) is 4.79 Å². The Labute approximate surface area is 107 Å². The third-order valence-electron chi connectivity index (χ3n) is 4.66. The molecule has 2 bridgehead atoms. The SMILES string of the molecule is O=C(NC1CC2CCC1O2)NC1(CO)CCCC1. The molecule has 2 amide bonds. The Kier molecular flexibility index (Phi) is 3.20. The van der Waals surface area contributed by atoms with Crippen molar-refractivity contribution in [2.24, 2.45) is 0 Å². The van der Waals surface area contributed by atoms with Gasteiger partial charge in [0.25, 0.3) is 0 Å². The predicted molar refractivity (Wildman–Crippen MR) is 66.3 cm³/mol. The lowest BCUT2D eigenvalue weighted by Gasteiger charge is -2.29. The van der Waals surface area contributed by atoms with Crippen molar-refractivity contribution in [3.8, 4) is 0 Å². The monoisotopic (exact) mass is 254 g/mol. The van der Waals surface area contributed by atoms with Gasteiger partial charge in [0, 0.05) is 0 Å². The van der Waals surface area contributed by atoms with Crippen molar-refractivity contribution in [1.29, 1.82) is 0 Å². The van der Waals surface area contributed by atoms with E-state index in [4.69, 9.17) is 4.74 Å². The molecule has 3 atom stereocenters. The molecule has 3 fully saturated rings. The first kappa shape index (κ1) is 12.2. The summed E-state index contributed by atoms with van der Waals surface area (Å²) in [6.45, 7) is 0.0354. The van der Waals surface area contributed by atoms with Gasteiger partial charge in [-0.1, -0.05) is 12.8 Å². The smallest absolute Gasteiger partial charge is 0.315 e. The van der Waals surface area contributed by atoms with Crippen LogP contribution in [0, 0.1) is 0 Å². The van der Waals surface area contributed by atoms with Crippen molar-refractivity contribution in [2.45, 2.75) is 68.7 Å². The molecule has 0 aromatic carbocycles. The summed E-state index contributed by atoms with van der Waals surface area (Å²) in [5.74, 6) is 0. The maximum Gasteiger partial charge on any atom is 0.315 e. The molecular formula is C13H22N2O3. The van der Waals surface area contributed by atoms with Gasteiger partial charge in [0.2, 0.25) is 0 Å². The second kappa shape index (κ2) is 4.70. The molecule has 0 radical (unpaired) electrons. The molecule has 2 aliphatic heterocycles. The summed E-state index contributed by atoms with van der Waals surface area (Å²) in [4.78, 5) is 12.0. The first-order chi connectivity index (χ1) is 8.71. The Morgan fingerprint density at radius 2 is 2.11 bits per heavy atom. The van der Waals surface area contributed by atoms with Gasteiger partial charge in [-0.3, -0.25) is 0 Å². The van der Waals surface area contributed by atoms with E-state index in [1.165, 1.54) is 0 Å². The number of rotatable bonds is 3. The molecule has 102 valence electrons. The van der Waals surface area contributed by atoms with Crippen LogP contribution in [0.1, 0.15) is 44.9 Å². The molecule has 1 aliphatic carbocycles. The van der Waals surface area contributed by atoms with Gasteiger partial charge in [0.15, 0.2) is 0 Å². The fraction of sp³-hybridized carbons (Fsp3) is 0.923. The van der Waals surface area contributed by atoms with Gasteiger partial charge in [-0.15, -0.1) is 0 Å². The number of amides is 2. The molecule has 3 unspecified atom stereocenters. The van der Waals surface area contributed by atoms with Crippen molar-refractivity contribution >= 4 is 6.03 Å². The minimum absolute atomic E-state index is 0.0354. The van der Waals surface area contributed by atoms with Gasteiger partial charge in [-0.2, -0.15) is 0 Å². The lowest BCUT2D eigenvalue weighted by Crippen LogP contribution is -2.55. The van der Waals surface area contributed by atoms with E-state index < -0.39 is 0 Å². The minimum Gasteiger partial charge on any atom is -0.394 e. The van der Waals surface area contributed by atoms with E-state index in [1.54, 1.807) is 0 Å². The zero-order valence-corrected chi connectivity index (χ0v) is 10.7. The van der Waals surface area contributed by atoms with E-state index in [2.05, 4.69) is 10.6 Å². The van der Waals surface area contributed by atoms with Crippen molar-refractivity contribution in [3.63, 3.8) is 0 Å². The van der Waals surface area contributed by atoms with Crippen LogP contribution in [-0.4, -0.2) is 41.5 Å². The highest BCUT2D eigenvalue weighted by molar-refractivity contribution is 5.75. The number of carbonyl (C=O) groups is 1. The molecule has 1 saturated carbocycles. The topological polar surface area (TPSA) is 70.6 Å². The van der Waals surface area contributed by atoms with Crippen LogP contribution in [0.25, 0.3) is 0 Å². The minimum atomic E-state index is -0.386. The van der Waals surface area contributed by atoms with Crippen LogP contribution in [0.15, 0.2) is 0 Å². The number of nitrogens with one attached hydrogen (secondary N) is 2. The molecule has 0 aromatic heterocycles. The predicted octanol–water partition coefficient (Wildman–Crippen LogP) is 0.911. The van der Waals surface area contributed by atoms with Crippen molar-refractivity contribution in [3.05, 3.63) is 0 Å². The van der Waals surface area contributed by atoms with Crippen molar-refractivity contribution < 1.29 is 14.6 Å². The number of fused-ring (bicyclic) bond motifs is 2. The van der Waals surface area contributed by atoms with Crippen LogP contribution in [-0.2, 0) is 4.74 Å². The van der Waals surface area contributed by atoms with Crippen molar-refractivity contribution in [1.82, 2.24) is 10.6 Å². The summed E-state index contributed by atoms with van der Waals surface area (Å²) in [6, 6.07) is 0.00740. The van der Waals surface area contributed by atoms with E-state index in [-0.39, 0.29) is 30.3 Å². The Hall–Kier alpha value is -0.810. The number of hydrogen-bond donors (Lipinski definition) is 3. The Morgan fingerprint density at radius 1 is 1.33 bits per heavy atom. The largest absolute Gasteiger partial charge is 0.394 e. The average molecular weight is 254 g/mol. The second-order valence-corrected chi connectivity index (χ2v) is 5.96. The van der Waals surface area contributed by atoms with Crippen LogP contribution in [0.4, 0.5) is 4.79 Å². The molecule has 3 N–H and O–H groups in total. The van der Waals surface area contributed by atoms with Crippen molar-refractivity contribution in [2.75, 3.05) is 6.61 Å². The number of aliphatic hydroxyl groups excluding tert-OH is 1. The maximum absolute atomic E-state index is 12.0. The third-order valence-corrected chi connectivity index (χ3v) is 4.66. The van der Waals surface area contributed by atoms with Gasteiger partial charge in [0.1, 0.15) is 0 Å². The fourth-order valence-corrected chi connectivity index (χ4v) is 3.61. The number of aliphatic hydroxyl groups is 1. The fourth-order valence-electron chi connectivity index (χ4n) is 3.61. The molecule has 0 aromatic rings. The van der Waals surface area contributed by atoms with E-state index in [0.717, 1.165) is 44.9 Å². The number of carbonyl (C=O) groups excluding carboxylic acids is 1. The van der Waals surface area contributed by atoms with E-state index >= 15 is 0 Å². The molecule has 5 nitrogen and oxygen atoms in total. The molecule has 5 heteroatoms.